The zero-order valence-corrected chi connectivity index (χ0v) is 11.4. The number of hydrogen-bond donors (Lipinski definition) is 2. The summed E-state index contributed by atoms with van der Waals surface area (Å²) < 4.78 is 0. The number of nitro benzene ring substituents is 1. The van der Waals surface area contributed by atoms with Gasteiger partial charge in [0.25, 0.3) is 5.69 Å². The van der Waals surface area contributed by atoms with Crippen molar-refractivity contribution in [2.24, 2.45) is 0 Å². The summed E-state index contributed by atoms with van der Waals surface area (Å²) in [6.45, 7) is 0.361. The number of nitrogen functional groups attached to an aromatic ring is 1. The molecule has 3 N–H and O–H groups in total. The van der Waals surface area contributed by atoms with Gasteiger partial charge in [-0.1, -0.05) is 0 Å². The number of fused-ring (bicyclic) bond motifs is 1. The third-order valence-corrected chi connectivity index (χ3v) is 3.16. The fraction of sp³-hybridized carbons (Fsp3) is 0.0714. The molecule has 0 atom stereocenters. The van der Waals surface area contributed by atoms with E-state index in [-0.39, 0.29) is 5.69 Å². The van der Waals surface area contributed by atoms with Gasteiger partial charge in [-0.25, -0.2) is 9.97 Å². The normalized spacial score (nSPS) is 10.5. The van der Waals surface area contributed by atoms with Crippen LogP contribution in [0.3, 0.4) is 0 Å². The molecule has 3 aromatic rings. The molecule has 2 aromatic heterocycles. The molecule has 8 nitrogen and oxygen atoms in total. The SMILES string of the molecule is Nc1ccnc(CNc2ccc([N+](=O)[O-])c3cnccc23)n1. The lowest BCUT2D eigenvalue weighted by Gasteiger charge is -2.09. The molecule has 2 heterocycles. The van der Waals surface area contributed by atoms with Crippen molar-refractivity contribution in [3.63, 3.8) is 0 Å². The Bertz CT molecular complexity index is 852. The zero-order chi connectivity index (χ0) is 15.5. The van der Waals surface area contributed by atoms with Crippen LogP contribution in [0.5, 0.6) is 0 Å². The van der Waals surface area contributed by atoms with Crippen molar-refractivity contribution < 1.29 is 4.92 Å². The number of benzene rings is 1. The molecule has 0 saturated carbocycles. The first kappa shape index (κ1) is 13.7. The first-order valence-electron chi connectivity index (χ1n) is 6.47. The fourth-order valence-electron chi connectivity index (χ4n) is 2.16. The van der Waals surface area contributed by atoms with Crippen LogP contribution in [0.15, 0.2) is 42.9 Å². The fourth-order valence-corrected chi connectivity index (χ4v) is 2.16. The number of non-ortho nitro benzene ring substituents is 1. The van der Waals surface area contributed by atoms with Crippen molar-refractivity contribution in [2.45, 2.75) is 6.54 Å². The monoisotopic (exact) mass is 296 g/mol. The highest BCUT2D eigenvalue weighted by atomic mass is 16.6. The Morgan fingerprint density at radius 1 is 1.18 bits per heavy atom. The number of nitrogens with two attached hydrogens (primary N) is 1. The summed E-state index contributed by atoms with van der Waals surface area (Å²) in [5.41, 5.74) is 6.38. The van der Waals surface area contributed by atoms with Gasteiger partial charge in [0, 0.05) is 35.7 Å². The van der Waals surface area contributed by atoms with E-state index in [0.29, 0.717) is 29.0 Å². The molecule has 0 saturated heterocycles. The number of aromatic nitrogens is 3. The number of rotatable bonds is 4. The molecular formula is C14H12N6O2. The Morgan fingerprint density at radius 2 is 2.05 bits per heavy atom. The van der Waals surface area contributed by atoms with Gasteiger partial charge in [0.1, 0.15) is 11.6 Å². The lowest BCUT2D eigenvalue weighted by atomic mass is 10.1. The summed E-state index contributed by atoms with van der Waals surface area (Å²) >= 11 is 0. The van der Waals surface area contributed by atoms with E-state index in [9.17, 15) is 10.1 Å². The van der Waals surface area contributed by atoms with Crippen molar-refractivity contribution in [3.8, 4) is 0 Å². The van der Waals surface area contributed by atoms with Gasteiger partial charge >= 0.3 is 0 Å². The molecule has 0 aliphatic heterocycles. The van der Waals surface area contributed by atoms with E-state index in [1.165, 1.54) is 12.3 Å². The van der Waals surface area contributed by atoms with Crippen LogP contribution in [0.25, 0.3) is 10.8 Å². The second-order valence-electron chi connectivity index (χ2n) is 4.56. The number of nitrogens with one attached hydrogen (secondary N) is 1. The molecule has 22 heavy (non-hydrogen) atoms. The Hall–Kier alpha value is -3.29. The Kier molecular flexibility index (Phi) is 3.48. The summed E-state index contributed by atoms with van der Waals surface area (Å²) in [5.74, 6) is 0.935. The molecule has 8 heteroatoms. The summed E-state index contributed by atoms with van der Waals surface area (Å²) in [6, 6.07) is 6.45. The molecule has 3 rings (SSSR count). The number of pyridine rings is 1. The second-order valence-corrected chi connectivity index (χ2v) is 4.56. The lowest BCUT2D eigenvalue weighted by molar-refractivity contribution is -0.383. The van der Waals surface area contributed by atoms with Gasteiger partial charge in [-0.15, -0.1) is 0 Å². The van der Waals surface area contributed by atoms with Gasteiger partial charge in [0.2, 0.25) is 0 Å². The maximum Gasteiger partial charge on any atom is 0.278 e. The third kappa shape index (κ3) is 2.62. The minimum atomic E-state index is -0.422. The summed E-state index contributed by atoms with van der Waals surface area (Å²) in [5, 5.41) is 15.4. The quantitative estimate of drug-likeness (QED) is 0.558. The third-order valence-electron chi connectivity index (χ3n) is 3.16. The van der Waals surface area contributed by atoms with Crippen molar-refractivity contribution in [1.29, 1.82) is 0 Å². The van der Waals surface area contributed by atoms with E-state index in [0.717, 1.165) is 5.69 Å². The molecule has 0 unspecified atom stereocenters. The topological polar surface area (TPSA) is 120 Å². The van der Waals surface area contributed by atoms with Gasteiger partial charge in [-0.3, -0.25) is 15.1 Å². The number of nitrogens with zero attached hydrogens (tertiary/aromatic N) is 4. The maximum atomic E-state index is 11.1. The molecule has 0 radical (unpaired) electrons. The van der Waals surface area contributed by atoms with Crippen LogP contribution >= 0.6 is 0 Å². The van der Waals surface area contributed by atoms with Crippen molar-refractivity contribution in [3.05, 3.63) is 58.8 Å². The minimum absolute atomic E-state index is 0.0221. The number of hydrogen-bond acceptors (Lipinski definition) is 7. The summed E-state index contributed by atoms with van der Waals surface area (Å²) in [7, 11) is 0. The first-order chi connectivity index (χ1) is 10.6. The van der Waals surface area contributed by atoms with Crippen LogP contribution in [0, 0.1) is 10.1 Å². The maximum absolute atomic E-state index is 11.1. The van der Waals surface area contributed by atoms with E-state index in [2.05, 4.69) is 20.3 Å². The average Bonchev–Trinajstić information content (AvgIpc) is 2.52. The predicted octanol–water partition coefficient (Wildman–Crippen LogP) is 2.13. The smallest absolute Gasteiger partial charge is 0.278 e. The van der Waals surface area contributed by atoms with Crippen LogP contribution < -0.4 is 11.1 Å². The Morgan fingerprint density at radius 3 is 2.82 bits per heavy atom. The number of anilines is 2. The minimum Gasteiger partial charge on any atom is -0.384 e. The highest BCUT2D eigenvalue weighted by molar-refractivity contribution is 5.99. The highest BCUT2D eigenvalue weighted by Crippen LogP contribution is 2.30. The van der Waals surface area contributed by atoms with Crippen LogP contribution in [0.4, 0.5) is 17.2 Å². The highest BCUT2D eigenvalue weighted by Gasteiger charge is 2.14. The van der Waals surface area contributed by atoms with Crippen LogP contribution in [-0.2, 0) is 6.54 Å². The van der Waals surface area contributed by atoms with Gasteiger partial charge in [-0.2, -0.15) is 0 Å². The molecule has 0 aliphatic rings. The van der Waals surface area contributed by atoms with Gasteiger partial charge in [0.05, 0.1) is 16.9 Å². The van der Waals surface area contributed by atoms with Gasteiger partial charge in [-0.05, 0) is 18.2 Å². The van der Waals surface area contributed by atoms with E-state index in [1.54, 1.807) is 30.6 Å². The molecule has 0 fully saturated rings. The van der Waals surface area contributed by atoms with Crippen LogP contribution in [-0.4, -0.2) is 19.9 Å². The van der Waals surface area contributed by atoms with E-state index in [1.807, 2.05) is 0 Å². The standard InChI is InChI=1S/C14H12N6O2/c15-13-4-6-17-14(19-13)8-18-11-1-2-12(20(21)22)10-7-16-5-3-9(10)11/h1-7,18H,8H2,(H2,15,17,19). The second kappa shape index (κ2) is 5.60. The van der Waals surface area contributed by atoms with E-state index >= 15 is 0 Å². The molecular weight excluding hydrogens is 284 g/mol. The van der Waals surface area contributed by atoms with Crippen molar-refractivity contribution in [2.75, 3.05) is 11.1 Å². The molecule has 0 amide bonds. The summed E-state index contributed by atoms with van der Waals surface area (Å²) in [4.78, 5) is 22.8. The molecule has 0 aliphatic carbocycles. The largest absolute Gasteiger partial charge is 0.384 e. The van der Waals surface area contributed by atoms with E-state index < -0.39 is 4.92 Å². The molecule has 1 aromatic carbocycles. The van der Waals surface area contributed by atoms with Crippen LogP contribution in [0.2, 0.25) is 0 Å². The zero-order valence-electron chi connectivity index (χ0n) is 11.4. The Labute approximate surface area is 125 Å². The first-order valence-corrected chi connectivity index (χ1v) is 6.47. The number of nitro groups is 1. The predicted molar refractivity (Wildman–Crippen MR) is 82.2 cm³/mol. The van der Waals surface area contributed by atoms with Crippen LogP contribution in [0.1, 0.15) is 5.82 Å². The van der Waals surface area contributed by atoms with Gasteiger partial charge in [0.15, 0.2) is 0 Å². The van der Waals surface area contributed by atoms with Crippen molar-refractivity contribution in [1.82, 2.24) is 15.0 Å². The summed E-state index contributed by atoms with van der Waals surface area (Å²) in [6.07, 6.45) is 4.65. The average molecular weight is 296 g/mol. The van der Waals surface area contributed by atoms with E-state index in [4.69, 9.17) is 5.73 Å². The van der Waals surface area contributed by atoms with Gasteiger partial charge < -0.3 is 11.1 Å². The lowest BCUT2D eigenvalue weighted by Crippen LogP contribution is -2.06. The Balaban J connectivity index is 1.95. The molecule has 0 spiro atoms. The van der Waals surface area contributed by atoms with Crippen molar-refractivity contribution >= 4 is 28.0 Å². The molecule has 0 bridgehead atoms. The molecule has 110 valence electrons.